The van der Waals surface area contributed by atoms with Gasteiger partial charge in [-0.1, -0.05) is 12.1 Å². The van der Waals surface area contributed by atoms with Gasteiger partial charge >= 0.3 is 5.97 Å². The fourth-order valence-corrected chi connectivity index (χ4v) is 3.42. The highest BCUT2D eigenvalue weighted by Crippen LogP contribution is 2.39. The van der Waals surface area contributed by atoms with Crippen molar-refractivity contribution >= 4 is 17.7 Å². The van der Waals surface area contributed by atoms with E-state index in [1.807, 2.05) is 19.1 Å². The van der Waals surface area contributed by atoms with Gasteiger partial charge in [0.15, 0.2) is 5.82 Å². The minimum absolute atomic E-state index is 0.153. The van der Waals surface area contributed by atoms with Gasteiger partial charge in [0.2, 0.25) is 5.91 Å². The minimum Gasteiger partial charge on any atom is -0.465 e. The molecule has 0 spiro atoms. The Bertz CT molecular complexity index is 1110. The summed E-state index contributed by atoms with van der Waals surface area (Å²) in [7, 11) is 1.33. The van der Waals surface area contributed by atoms with Crippen LogP contribution in [0, 0.1) is 6.92 Å². The van der Waals surface area contributed by atoms with E-state index in [0.717, 1.165) is 16.8 Å². The predicted molar refractivity (Wildman–Crippen MR) is 99.6 cm³/mol. The van der Waals surface area contributed by atoms with Gasteiger partial charge in [0.05, 0.1) is 18.4 Å². The summed E-state index contributed by atoms with van der Waals surface area (Å²) in [5.74, 6) is 0.134. The van der Waals surface area contributed by atoms with Crippen molar-refractivity contribution in [3.63, 3.8) is 0 Å². The maximum absolute atomic E-state index is 12.4. The number of rotatable bonds is 3. The third kappa shape index (κ3) is 2.96. The Balaban J connectivity index is 1.79. The Morgan fingerprint density at radius 1 is 1.18 bits per heavy atom. The number of hydrogen-bond donors (Lipinski definition) is 2. The van der Waals surface area contributed by atoms with Crippen LogP contribution in [0.15, 0.2) is 41.2 Å². The highest BCUT2D eigenvalue weighted by atomic mass is 16.5. The van der Waals surface area contributed by atoms with Crippen molar-refractivity contribution in [2.24, 2.45) is 0 Å². The molecule has 4 rings (SSSR count). The zero-order valence-electron chi connectivity index (χ0n) is 15.2. The first-order valence-electron chi connectivity index (χ1n) is 8.61. The number of ether oxygens (including phenoxy) is 1. The standard InChI is InChI=1S/C19H17N5O4/c1-10-17-13(11-3-5-12(6-4-11)19(27)28-2)9-16(26)20-18(17)24(23-10)14-7-8-15(25)22-21-14/h3-8,13H,9H2,1-2H3,(H,20,26)(H,22,25). The second-order valence-corrected chi connectivity index (χ2v) is 6.46. The average Bonchev–Trinajstić information content (AvgIpc) is 3.03. The lowest BCUT2D eigenvalue weighted by molar-refractivity contribution is -0.116. The van der Waals surface area contributed by atoms with Crippen LogP contribution in [-0.2, 0) is 9.53 Å². The normalized spacial score (nSPS) is 15.6. The molecule has 2 N–H and O–H groups in total. The topological polar surface area (TPSA) is 119 Å². The number of carbonyl (C=O) groups is 2. The van der Waals surface area contributed by atoms with Crippen LogP contribution < -0.4 is 10.9 Å². The van der Waals surface area contributed by atoms with Crippen LogP contribution in [-0.4, -0.2) is 39.0 Å². The molecule has 142 valence electrons. The number of H-pyrrole nitrogens is 1. The highest BCUT2D eigenvalue weighted by molar-refractivity contribution is 5.95. The number of benzene rings is 1. The van der Waals surface area contributed by atoms with E-state index in [1.165, 1.54) is 23.9 Å². The number of methoxy groups -OCH3 is 1. The zero-order valence-corrected chi connectivity index (χ0v) is 15.2. The molecule has 2 aromatic heterocycles. The largest absolute Gasteiger partial charge is 0.465 e. The number of esters is 1. The van der Waals surface area contributed by atoms with E-state index in [4.69, 9.17) is 4.74 Å². The van der Waals surface area contributed by atoms with Gasteiger partial charge in [0.25, 0.3) is 5.56 Å². The van der Waals surface area contributed by atoms with Crippen molar-refractivity contribution in [2.75, 3.05) is 12.4 Å². The Morgan fingerprint density at radius 2 is 1.93 bits per heavy atom. The third-order valence-electron chi connectivity index (χ3n) is 4.72. The second kappa shape index (κ2) is 6.76. The zero-order chi connectivity index (χ0) is 19.8. The number of nitrogens with zero attached hydrogens (tertiary/aromatic N) is 3. The molecule has 3 aromatic rings. The van der Waals surface area contributed by atoms with E-state index in [1.54, 1.807) is 12.1 Å². The van der Waals surface area contributed by atoms with E-state index in [0.29, 0.717) is 17.2 Å². The summed E-state index contributed by atoms with van der Waals surface area (Å²) in [6, 6.07) is 9.86. The number of aromatic nitrogens is 4. The van der Waals surface area contributed by atoms with Gasteiger partial charge in [-0.2, -0.15) is 14.9 Å². The van der Waals surface area contributed by atoms with Crippen molar-refractivity contribution in [2.45, 2.75) is 19.3 Å². The van der Waals surface area contributed by atoms with Gasteiger partial charge < -0.3 is 10.1 Å². The first-order chi connectivity index (χ1) is 13.5. The molecule has 1 aliphatic heterocycles. The van der Waals surface area contributed by atoms with Gasteiger partial charge in [-0.25, -0.2) is 9.89 Å². The highest BCUT2D eigenvalue weighted by Gasteiger charge is 2.33. The van der Waals surface area contributed by atoms with Crippen LogP contribution >= 0.6 is 0 Å². The molecule has 0 saturated carbocycles. The molecule has 9 heteroatoms. The maximum Gasteiger partial charge on any atom is 0.337 e. The van der Waals surface area contributed by atoms with Crippen LogP contribution in [0.5, 0.6) is 0 Å². The van der Waals surface area contributed by atoms with Gasteiger partial charge in [0, 0.05) is 24.0 Å². The number of amides is 1. The molecule has 1 unspecified atom stereocenters. The quantitative estimate of drug-likeness (QED) is 0.666. The van der Waals surface area contributed by atoms with Gasteiger partial charge in [0.1, 0.15) is 5.82 Å². The molecule has 1 amide bonds. The summed E-state index contributed by atoms with van der Waals surface area (Å²) in [5.41, 5.74) is 2.62. The summed E-state index contributed by atoms with van der Waals surface area (Å²) in [4.78, 5) is 35.3. The molecule has 3 heterocycles. The molecule has 0 saturated heterocycles. The summed E-state index contributed by atoms with van der Waals surface area (Å²) < 4.78 is 6.23. The number of fused-ring (bicyclic) bond motifs is 1. The third-order valence-corrected chi connectivity index (χ3v) is 4.72. The number of carbonyl (C=O) groups excluding carboxylic acids is 2. The molecular weight excluding hydrogens is 362 g/mol. The molecule has 1 aromatic carbocycles. The summed E-state index contributed by atoms with van der Waals surface area (Å²) in [5, 5.41) is 13.7. The average molecular weight is 379 g/mol. The monoisotopic (exact) mass is 379 g/mol. The lowest BCUT2D eigenvalue weighted by atomic mass is 9.85. The van der Waals surface area contributed by atoms with E-state index < -0.39 is 5.97 Å². The maximum atomic E-state index is 12.4. The van der Waals surface area contributed by atoms with Crippen LogP contribution in [0.2, 0.25) is 0 Å². The SMILES string of the molecule is COC(=O)c1ccc(C2CC(=O)Nc3c2c(C)nn3-c2ccc(=O)[nH]n2)cc1. The van der Waals surface area contributed by atoms with Crippen molar-refractivity contribution in [3.8, 4) is 5.82 Å². The Hall–Kier alpha value is -3.75. The van der Waals surface area contributed by atoms with Crippen LogP contribution in [0.4, 0.5) is 5.82 Å². The first-order valence-corrected chi connectivity index (χ1v) is 8.61. The van der Waals surface area contributed by atoms with Crippen LogP contribution in [0.1, 0.15) is 39.5 Å². The molecule has 1 aliphatic rings. The molecule has 0 fully saturated rings. The first kappa shape index (κ1) is 17.7. The summed E-state index contributed by atoms with van der Waals surface area (Å²) in [6.07, 6.45) is 0.260. The molecular formula is C19H17N5O4. The van der Waals surface area contributed by atoms with Crippen molar-refractivity contribution in [1.82, 2.24) is 20.0 Å². The van der Waals surface area contributed by atoms with E-state index in [9.17, 15) is 14.4 Å². The Labute approximate surface area is 159 Å². The summed E-state index contributed by atoms with van der Waals surface area (Å²) >= 11 is 0. The van der Waals surface area contributed by atoms with Gasteiger partial charge in [-0.15, -0.1) is 0 Å². The number of hydrogen-bond acceptors (Lipinski definition) is 6. The smallest absolute Gasteiger partial charge is 0.337 e. The van der Waals surface area contributed by atoms with E-state index >= 15 is 0 Å². The number of aryl methyl sites for hydroxylation is 1. The Morgan fingerprint density at radius 3 is 2.57 bits per heavy atom. The van der Waals surface area contributed by atoms with Gasteiger partial charge in [-0.3, -0.25) is 9.59 Å². The lowest BCUT2D eigenvalue weighted by Gasteiger charge is -2.24. The van der Waals surface area contributed by atoms with Crippen molar-refractivity contribution in [3.05, 3.63) is 69.1 Å². The number of anilines is 1. The van der Waals surface area contributed by atoms with Gasteiger partial charge in [-0.05, 0) is 30.7 Å². The van der Waals surface area contributed by atoms with E-state index in [-0.39, 0.29) is 23.8 Å². The molecule has 0 bridgehead atoms. The molecule has 0 radical (unpaired) electrons. The Kier molecular flexibility index (Phi) is 4.26. The predicted octanol–water partition coefficient (Wildman–Crippen LogP) is 1.52. The fraction of sp³-hybridized carbons (Fsp3) is 0.211. The van der Waals surface area contributed by atoms with Crippen LogP contribution in [0.3, 0.4) is 0 Å². The number of nitrogens with one attached hydrogen (secondary N) is 2. The second-order valence-electron chi connectivity index (χ2n) is 6.46. The minimum atomic E-state index is -0.415. The summed E-state index contributed by atoms with van der Waals surface area (Å²) in [6.45, 7) is 1.86. The lowest BCUT2D eigenvalue weighted by Crippen LogP contribution is -2.25. The van der Waals surface area contributed by atoms with Crippen LogP contribution in [0.25, 0.3) is 5.82 Å². The molecule has 1 atom stereocenters. The number of aromatic amines is 1. The molecule has 28 heavy (non-hydrogen) atoms. The molecule has 9 nitrogen and oxygen atoms in total. The molecule has 0 aliphatic carbocycles. The fourth-order valence-electron chi connectivity index (χ4n) is 3.42. The van der Waals surface area contributed by atoms with E-state index in [2.05, 4.69) is 20.6 Å². The van der Waals surface area contributed by atoms with Crippen molar-refractivity contribution in [1.29, 1.82) is 0 Å². The van der Waals surface area contributed by atoms with Crippen molar-refractivity contribution < 1.29 is 14.3 Å².